The topological polar surface area (TPSA) is 146 Å². The fraction of sp³-hybridized carbons (Fsp3) is 0.500. The molecule has 1 fully saturated rings. The number of H-pyrrole nitrogens is 2. The number of hydrogen-bond acceptors (Lipinski definition) is 5. The van der Waals surface area contributed by atoms with E-state index in [2.05, 4.69) is 4.98 Å². The number of carbonyl (C=O) groups is 1. The maximum Gasteiger partial charge on any atom is 0.326 e. The molecule has 0 aliphatic carbocycles. The van der Waals surface area contributed by atoms with Crippen molar-refractivity contribution in [1.29, 1.82) is 0 Å². The number of rotatable bonds is 3. The summed E-state index contributed by atoms with van der Waals surface area (Å²) in [5.41, 5.74) is -1.06. The van der Waals surface area contributed by atoms with Crippen LogP contribution in [-0.4, -0.2) is 36.6 Å². The van der Waals surface area contributed by atoms with Crippen molar-refractivity contribution in [3.63, 3.8) is 0 Å². The van der Waals surface area contributed by atoms with Gasteiger partial charge in [-0.1, -0.05) is 0 Å². The first kappa shape index (κ1) is 14.5. The predicted molar refractivity (Wildman–Crippen MR) is 70.9 cm³/mol. The number of aromatic nitrogens is 2. The third kappa shape index (κ3) is 2.96. The van der Waals surface area contributed by atoms with Crippen LogP contribution in [0, 0.1) is 12.8 Å². The highest BCUT2D eigenvalue weighted by Crippen LogP contribution is 2.24. The zero-order valence-electron chi connectivity index (χ0n) is 10.7. The summed E-state index contributed by atoms with van der Waals surface area (Å²) in [6.07, 6.45) is -0.00552. The molecule has 2 heterocycles. The molecule has 1 aliphatic heterocycles. The van der Waals surface area contributed by atoms with Crippen molar-refractivity contribution in [1.82, 2.24) is 9.97 Å². The standard InChI is InChI=1S/C10H14N4O5S/c1-5-8(9(16)13-10(17)12-5)14-3-6(2-7(14)15)4-20(11,18)19/h6H,2-4H2,1H3,(H2,11,18,19)(H2,12,13,16,17). The fourth-order valence-electron chi connectivity index (χ4n) is 2.36. The van der Waals surface area contributed by atoms with Crippen molar-refractivity contribution in [2.75, 3.05) is 17.2 Å². The summed E-state index contributed by atoms with van der Waals surface area (Å²) in [4.78, 5) is 40.4. The Kier molecular flexibility index (Phi) is 3.52. The summed E-state index contributed by atoms with van der Waals surface area (Å²) in [5, 5.41) is 4.95. The van der Waals surface area contributed by atoms with Gasteiger partial charge in [0.25, 0.3) is 5.56 Å². The number of nitrogens with two attached hydrogens (primary N) is 1. The first-order valence-electron chi connectivity index (χ1n) is 5.81. The lowest BCUT2D eigenvalue weighted by atomic mass is 10.1. The molecule has 0 spiro atoms. The van der Waals surface area contributed by atoms with Gasteiger partial charge in [-0.2, -0.15) is 0 Å². The summed E-state index contributed by atoms with van der Waals surface area (Å²) in [5.74, 6) is -1.17. The Morgan fingerprint density at radius 2 is 1.95 bits per heavy atom. The van der Waals surface area contributed by atoms with Gasteiger partial charge in [0.2, 0.25) is 15.9 Å². The third-order valence-corrected chi connectivity index (χ3v) is 3.98. The molecule has 110 valence electrons. The molecule has 0 radical (unpaired) electrons. The maximum atomic E-state index is 11.9. The van der Waals surface area contributed by atoms with Crippen LogP contribution in [0.2, 0.25) is 0 Å². The molecule has 10 heteroatoms. The number of hydrogen-bond donors (Lipinski definition) is 3. The lowest BCUT2D eigenvalue weighted by Crippen LogP contribution is -2.35. The Labute approximate surface area is 113 Å². The quantitative estimate of drug-likeness (QED) is 0.591. The molecule has 1 aromatic rings. The van der Waals surface area contributed by atoms with Gasteiger partial charge >= 0.3 is 5.69 Å². The van der Waals surface area contributed by atoms with E-state index in [1.807, 2.05) is 4.98 Å². The summed E-state index contributed by atoms with van der Waals surface area (Å²) in [6.45, 7) is 1.57. The van der Waals surface area contributed by atoms with Gasteiger partial charge in [-0.3, -0.25) is 14.6 Å². The molecule has 1 unspecified atom stereocenters. The fourth-order valence-corrected chi connectivity index (χ4v) is 3.24. The Balaban J connectivity index is 2.34. The molecule has 1 aliphatic rings. The second-order valence-corrected chi connectivity index (χ2v) is 6.44. The molecule has 4 N–H and O–H groups in total. The number of aryl methyl sites for hydroxylation is 1. The number of nitrogens with zero attached hydrogens (tertiary/aromatic N) is 1. The minimum atomic E-state index is -3.69. The molecule has 20 heavy (non-hydrogen) atoms. The van der Waals surface area contributed by atoms with E-state index in [9.17, 15) is 22.8 Å². The number of nitrogens with one attached hydrogen (secondary N) is 2. The molecule has 1 saturated heterocycles. The molecule has 0 saturated carbocycles. The van der Waals surface area contributed by atoms with Crippen LogP contribution in [0.15, 0.2) is 9.59 Å². The molecular weight excluding hydrogens is 288 g/mol. The van der Waals surface area contributed by atoms with Crippen LogP contribution in [0.25, 0.3) is 0 Å². The van der Waals surface area contributed by atoms with E-state index < -0.39 is 27.2 Å². The average Bonchev–Trinajstić information content (AvgIpc) is 2.55. The molecule has 1 amide bonds. The first-order valence-corrected chi connectivity index (χ1v) is 7.53. The Morgan fingerprint density at radius 1 is 1.30 bits per heavy atom. The van der Waals surface area contributed by atoms with E-state index in [-0.39, 0.29) is 36.0 Å². The highest BCUT2D eigenvalue weighted by atomic mass is 32.2. The van der Waals surface area contributed by atoms with Crippen molar-refractivity contribution >= 4 is 21.6 Å². The maximum absolute atomic E-state index is 11.9. The van der Waals surface area contributed by atoms with Crippen molar-refractivity contribution in [3.8, 4) is 0 Å². The van der Waals surface area contributed by atoms with E-state index in [4.69, 9.17) is 5.14 Å². The van der Waals surface area contributed by atoms with Crippen LogP contribution < -0.4 is 21.3 Å². The van der Waals surface area contributed by atoms with Crippen molar-refractivity contribution in [2.24, 2.45) is 11.1 Å². The number of sulfonamides is 1. The van der Waals surface area contributed by atoms with Gasteiger partial charge in [-0.15, -0.1) is 0 Å². The molecule has 9 nitrogen and oxygen atoms in total. The minimum absolute atomic E-state index is 0.00552. The Bertz CT molecular complexity index is 763. The van der Waals surface area contributed by atoms with E-state index in [1.54, 1.807) is 0 Å². The van der Waals surface area contributed by atoms with E-state index in [0.717, 1.165) is 0 Å². The lowest BCUT2D eigenvalue weighted by Gasteiger charge is -2.17. The Morgan fingerprint density at radius 3 is 2.50 bits per heavy atom. The Hall–Kier alpha value is -1.94. The first-order chi connectivity index (χ1) is 9.17. The predicted octanol–water partition coefficient (Wildman–Crippen LogP) is -1.99. The molecule has 1 atom stereocenters. The highest BCUT2D eigenvalue weighted by Gasteiger charge is 2.34. The van der Waals surface area contributed by atoms with Crippen LogP contribution >= 0.6 is 0 Å². The van der Waals surface area contributed by atoms with Crippen LogP contribution in [0.1, 0.15) is 12.1 Å². The SMILES string of the molecule is Cc1[nH]c(=O)[nH]c(=O)c1N1CC(CS(N)(=O)=O)CC1=O. The highest BCUT2D eigenvalue weighted by molar-refractivity contribution is 7.89. The molecule has 0 bridgehead atoms. The molecule has 1 aromatic heterocycles. The zero-order valence-corrected chi connectivity index (χ0v) is 11.5. The molecule has 2 rings (SSSR count). The van der Waals surface area contributed by atoms with E-state index in [0.29, 0.717) is 0 Å². The minimum Gasteiger partial charge on any atom is -0.309 e. The van der Waals surface area contributed by atoms with Crippen LogP contribution in [0.5, 0.6) is 0 Å². The number of anilines is 1. The lowest BCUT2D eigenvalue weighted by molar-refractivity contribution is -0.117. The zero-order chi connectivity index (χ0) is 15.1. The van der Waals surface area contributed by atoms with Gasteiger partial charge in [0.1, 0.15) is 5.69 Å². The second-order valence-electron chi connectivity index (χ2n) is 4.79. The summed E-state index contributed by atoms with van der Waals surface area (Å²) in [6, 6.07) is 0. The van der Waals surface area contributed by atoms with Crippen molar-refractivity contribution < 1.29 is 13.2 Å². The second kappa shape index (κ2) is 4.87. The van der Waals surface area contributed by atoms with E-state index in [1.165, 1.54) is 11.8 Å². The van der Waals surface area contributed by atoms with Gasteiger partial charge in [0, 0.05) is 24.6 Å². The largest absolute Gasteiger partial charge is 0.326 e. The number of primary sulfonamides is 1. The van der Waals surface area contributed by atoms with Crippen molar-refractivity contribution in [2.45, 2.75) is 13.3 Å². The van der Waals surface area contributed by atoms with Crippen LogP contribution in [-0.2, 0) is 14.8 Å². The van der Waals surface area contributed by atoms with Gasteiger partial charge < -0.3 is 9.88 Å². The molecular formula is C10H14N4O5S. The van der Waals surface area contributed by atoms with Crippen LogP contribution in [0.4, 0.5) is 5.69 Å². The smallest absolute Gasteiger partial charge is 0.309 e. The number of carbonyl (C=O) groups excluding carboxylic acids is 1. The summed E-state index contributed by atoms with van der Waals surface area (Å²) in [7, 11) is -3.69. The van der Waals surface area contributed by atoms with Gasteiger partial charge in [0.05, 0.1) is 5.75 Å². The van der Waals surface area contributed by atoms with Gasteiger partial charge in [-0.05, 0) is 6.92 Å². The van der Waals surface area contributed by atoms with Gasteiger partial charge in [0.15, 0.2) is 0 Å². The summed E-state index contributed by atoms with van der Waals surface area (Å²) >= 11 is 0. The number of amides is 1. The number of aromatic amines is 2. The van der Waals surface area contributed by atoms with Gasteiger partial charge in [-0.25, -0.2) is 18.4 Å². The third-order valence-electron chi connectivity index (χ3n) is 3.04. The summed E-state index contributed by atoms with van der Waals surface area (Å²) < 4.78 is 22.1. The average molecular weight is 302 g/mol. The van der Waals surface area contributed by atoms with E-state index >= 15 is 0 Å². The van der Waals surface area contributed by atoms with Crippen LogP contribution in [0.3, 0.4) is 0 Å². The normalized spacial score (nSPS) is 19.6. The molecule has 0 aromatic carbocycles. The monoisotopic (exact) mass is 302 g/mol. The van der Waals surface area contributed by atoms with Crippen molar-refractivity contribution in [3.05, 3.63) is 26.5 Å².